The molecule has 0 aliphatic carbocycles. The SMILES string of the molecule is CCS(C)(=O)=Nc1cc(N2CCOC[C@H]2C)nc(-c2ccnc3[nH]ccc23)n1. The highest BCUT2D eigenvalue weighted by Crippen LogP contribution is 2.30. The Morgan fingerprint density at radius 1 is 1.39 bits per heavy atom. The number of pyridine rings is 1. The van der Waals surface area contributed by atoms with Gasteiger partial charge in [-0.25, -0.2) is 19.2 Å². The average Bonchev–Trinajstić information content (AvgIpc) is 3.16. The van der Waals surface area contributed by atoms with Gasteiger partial charge in [-0.2, -0.15) is 4.36 Å². The summed E-state index contributed by atoms with van der Waals surface area (Å²) in [5.41, 5.74) is 1.64. The van der Waals surface area contributed by atoms with Crippen LogP contribution in [0.25, 0.3) is 22.4 Å². The van der Waals surface area contributed by atoms with Crippen LogP contribution in [-0.2, 0) is 14.5 Å². The van der Waals surface area contributed by atoms with Gasteiger partial charge in [-0.3, -0.25) is 0 Å². The Labute approximate surface area is 164 Å². The summed E-state index contributed by atoms with van der Waals surface area (Å²) in [4.78, 5) is 19.1. The fourth-order valence-electron chi connectivity index (χ4n) is 3.22. The van der Waals surface area contributed by atoms with Gasteiger partial charge in [0, 0.05) is 48.0 Å². The topological polar surface area (TPSA) is 96.4 Å². The third-order valence-corrected chi connectivity index (χ3v) is 6.53. The van der Waals surface area contributed by atoms with Gasteiger partial charge in [-0.15, -0.1) is 0 Å². The predicted molar refractivity (Wildman–Crippen MR) is 111 cm³/mol. The Bertz CT molecular complexity index is 1120. The van der Waals surface area contributed by atoms with Gasteiger partial charge >= 0.3 is 0 Å². The zero-order valence-electron chi connectivity index (χ0n) is 16.3. The second kappa shape index (κ2) is 7.48. The van der Waals surface area contributed by atoms with E-state index in [9.17, 15) is 4.21 Å². The lowest BCUT2D eigenvalue weighted by Crippen LogP contribution is -2.44. The highest BCUT2D eigenvalue weighted by Gasteiger charge is 2.22. The van der Waals surface area contributed by atoms with Gasteiger partial charge in [-0.05, 0) is 19.1 Å². The molecule has 4 heterocycles. The van der Waals surface area contributed by atoms with Gasteiger partial charge in [0.2, 0.25) is 0 Å². The van der Waals surface area contributed by atoms with E-state index in [0.29, 0.717) is 30.6 Å². The van der Waals surface area contributed by atoms with Crippen molar-refractivity contribution in [1.82, 2.24) is 19.9 Å². The summed E-state index contributed by atoms with van der Waals surface area (Å²) in [5.74, 6) is 2.22. The molecule has 9 heteroatoms. The summed E-state index contributed by atoms with van der Waals surface area (Å²) >= 11 is 0. The maximum Gasteiger partial charge on any atom is 0.167 e. The second-order valence-electron chi connectivity index (χ2n) is 6.96. The summed E-state index contributed by atoms with van der Waals surface area (Å²) in [6, 6.07) is 5.85. The van der Waals surface area contributed by atoms with Crippen molar-refractivity contribution in [3.8, 4) is 11.4 Å². The molecule has 1 aliphatic rings. The molecule has 0 bridgehead atoms. The predicted octanol–water partition coefficient (Wildman–Crippen LogP) is 2.99. The molecule has 0 amide bonds. The molecule has 1 N–H and O–H groups in total. The average molecular weight is 401 g/mol. The third kappa shape index (κ3) is 3.72. The molecule has 3 aromatic heterocycles. The maximum atomic E-state index is 12.6. The monoisotopic (exact) mass is 400 g/mol. The van der Waals surface area contributed by atoms with E-state index >= 15 is 0 Å². The highest BCUT2D eigenvalue weighted by atomic mass is 32.2. The Morgan fingerprint density at radius 2 is 2.25 bits per heavy atom. The number of morpholine rings is 1. The molecule has 8 nitrogen and oxygen atoms in total. The van der Waals surface area contributed by atoms with Gasteiger partial charge < -0.3 is 14.6 Å². The van der Waals surface area contributed by atoms with E-state index in [1.165, 1.54) is 0 Å². The van der Waals surface area contributed by atoms with Crippen LogP contribution in [0.5, 0.6) is 0 Å². The van der Waals surface area contributed by atoms with Crippen LogP contribution in [0.2, 0.25) is 0 Å². The Balaban J connectivity index is 1.90. The largest absolute Gasteiger partial charge is 0.377 e. The number of rotatable bonds is 4. The van der Waals surface area contributed by atoms with Crippen molar-refractivity contribution in [3.63, 3.8) is 0 Å². The first kappa shape index (κ1) is 18.8. The fraction of sp³-hybridized carbons (Fsp3) is 0.421. The number of nitrogens with one attached hydrogen (secondary N) is 1. The lowest BCUT2D eigenvalue weighted by Gasteiger charge is -2.34. The van der Waals surface area contributed by atoms with Gasteiger partial charge in [-0.1, -0.05) is 6.92 Å². The van der Waals surface area contributed by atoms with Crippen molar-refractivity contribution < 1.29 is 8.95 Å². The maximum absolute atomic E-state index is 12.6. The normalized spacial score (nSPS) is 19.5. The van der Waals surface area contributed by atoms with Crippen LogP contribution in [-0.4, -0.2) is 62.0 Å². The quantitative estimate of drug-likeness (QED) is 0.723. The molecule has 1 aliphatic heterocycles. The van der Waals surface area contributed by atoms with E-state index in [1.54, 1.807) is 12.5 Å². The molecular weight excluding hydrogens is 376 g/mol. The highest BCUT2D eigenvalue weighted by molar-refractivity contribution is 7.93. The molecule has 28 heavy (non-hydrogen) atoms. The number of H-pyrrole nitrogens is 1. The molecule has 3 aromatic rings. The van der Waals surface area contributed by atoms with Crippen molar-refractivity contribution in [2.75, 3.05) is 36.7 Å². The number of hydrogen-bond acceptors (Lipinski definition) is 7. The lowest BCUT2D eigenvalue weighted by atomic mass is 10.1. The van der Waals surface area contributed by atoms with Crippen LogP contribution in [0.1, 0.15) is 13.8 Å². The minimum absolute atomic E-state index is 0.186. The van der Waals surface area contributed by atoms with Gasteiger partial charge in [0.15, 0.2) is 11.6 Å². The van der Waals surface area contributed by atoms with Crippen molar-refractivity contribution in [3.05, 3.63) is 30.6 Å². The Morgan fingerprint density at radius 3 is 3.04 bits per heavy atom. The molecule has 4 rings (SSSR count). The third-order valence-electron chi connectivity index (χ3n) is 4.88. The zero-order valence-corrected chi connectivity index (χ0v) is 17.1. The summed E-state index contributed by atoms with van der Waals surface area (Å²) < 4.78 is 22.6. The molecule has 0 radical (unpaired) electrons. The van der Waals surface area contributed by atoms with Crippen LogP contribution in [0.15, 0.2) is 35.0 Å². The number of aromatic nitrogens is 4. The van der Waals surface area contributed by atoms with Crippen molar-refractivity contribution >= 4 is 32.4 Å². The number of ether oxygens (including phenoxy) is 1. The molecule has 148 valence electrons. The first-order valence-electron chi connectivity index (χ1n) is 9.32. The molecule has 0 aromatic carbocycles. The van der Waals surface area contributed by atoms with Crippen LogP contribution >= 0.6 is 0 Å². The van der Waals surface area contributed by atoms with E-state index < -0.39 is 9.73 Å². The molecule has 1 saturated heterocycles. The number of fused-ring (bicyclic) bond motifs is 1. The van der Waals surface area contributed by atoms with Crippen LogP contribution in [0.3, 0.4) is 0 Å². The zero-order chi connectivity index (χ0) is 19.7. The molecule has 1 unspecified atom stereocenters. The minimum Gasteiger partial charge on any atom is -0.377 e. The molecule has 1 fully saturated rings. The van der Waals surface area contributed by atoms with Gasteiger partial charge in [0.1, 0.15) is 11.5 Å². The summed E-state index contributed by atoms with van der Waals surface area (Å²) in [7, 11) is -2.34. The molecule has 0 saturated carbocycles. The van der Waals surface area contributed by atoms with Crippen molar-refractivity contribution in [1.29, 1.82) is 0 Å². The number of aromatic amines is 1. The van der Waals surface area contributed by atoms with Gasteiger partial charge in [0.25, 0.3) is 0 Å². The van der Waals surface area contributed by atoms with Crippen LogP contribution < -0.4 is 4.90 Å². The summed E-state index contributed by atoms with van der Waals surface area (Å²) in [5, 5.41) is 0.938. The van der Waals surface area contributed by atoms with Gasteiger partial charge in [0.05, 0.1) is 29.0 Å². The number of hydrogen-bond donors (Lipinski definition) is 1. The second-order valence-corrected chi connectivity index (χ2v) is 9.64. The van der Waals surface area contributed by atoms with Crippen molar-refractivity contribution in [2.24, 2.45) is 4.36 Å². The minimum atomic E-state index is -2.34. The van der Waals surface area contributed by atoms with E-state index in [0.717, 1.165) is 29.0 Å². The summed E-state index contributed by atoms with van der Waals surface area (Å²) in [6.07, 6.45) is 5.23. The Hall–Kier alpha value is -2.52. The smallest absolute Gasteiger partial charge is 0.167 e. The van der Waals surface area contributed by atoms with Crippen LogP contribution in [0.4, 0.5) is 11.6 Å². The molecule has 0 spiro atoms. The Kier molecular flexibility index (Phi) is 5.03. The molecule has 2 atom stereocenters. The number of anilines is 1. The van der Waals surface area contributed by atoms with E-state index in [1.807, 2.05) is 31.3 Å². The first-order valence-corrected chi connectivity index (χ1v) is 11.4. The lowest BCUT2D eigenvalue weighted by molar-refractivity contribution is 0.0985. The first-order chi connectivity index (χ1) is 13.5. The summed E-state index contributed by atoms with van der Waals surface area (Å²) in [6.45, 7) is 5.99. The van der Waals surface area contributed by atoms with E-state index in [-0.39, 0.29) is 6.04 Å². The van der Waals surface area contributed by atoms with Crippen molar-refractivity contribution in [2.45, 2.75) is 19.9 Å². The fourth-order valence-corrected chi connectivity index (χ4v) is 3.84. The molecular formula is C19H24N6O2S. The van der Waals surface area contributed by atoms with E-state index in [4.69, 9.17) is 9.72 Å². The standard InChI is InChI=1S/C19H24N6O2S/c1-4-28(3,26)24-16-11-17(25-9-10-27-12-13(25)2)23-19(22-16)15-6-8-21-18-14(15)5-7-20-18/h5-8,11,13H,4,9-10,12H2,1-3H3,(H,20,21)/t13-,28?/m1/s1. The van der Waals surface area contributed by atoms with Crippen LogP contribution in [0, 0.1) is 0 Å². The number of nitrogens with zero attached hydrogens (tertiary/aromatic N) is 5. The van der Waals surface area contributed by atoms with E-state index in [2.05, 4.69) is 31.1 Å².